The second kappa shape index (κ2) is 3.21. The molecule has 0 aliphatic rings. The number of benzene rings is 1. The van der Waals surface area contributed by atoms with E-state index in [0.29, 0.717) is 0 Å². The Morgan fingerprint density at radius 3 is 2.07 bits per heavy atom. The number of rotatable bonds is 1. The highest BCUT2D eigenvalue weighted by Gasteiger charge is 2.24. The number of hydrogen-bond acceptors (Lipinski definition) is 1. The van der Waals surface area contributed by atoms with E-state index in [1.165, 1.54) is 12.1 Å². The van der Waals surface area contributed by atoms with Crippen molar-refractivity contribution in [1.82, 2.24) is 0 Å². The highest BCUT2D eigenvalue weighted by atomic mass is 32.3. The van der Waals surface area contributed by atoms with Crippen LogP contribution in [0.15, 0.2) is 29.2 Å². The van der Waals surface area contributed by atoms with Gasteiger partial charge in [-0.1, -0.05) is 5.92 Å². The first kappa shape index (κ1) is 10.9. The van der Waals surface area contributed by atoms with Crippen LogP contribution < -0.4 is 0 Å². The molecule has 0 fully saturated rings. The molecule has 0 aliphatic heterocycles. The highest BCUT2D eigenvalue weighted by molar-refractivity contribution is 8.09. The molecule has 3 nitrogen and oxygen atoms in total. The predicted molar refractivity (Wildman–Crippen MR) is 56.6 cm³/mol. The molecule has 0 atom stereocenters. The summed E-state index contributed by atoms with van der Waals surface area (Å²) in [7, 11) is -4.60. The molecule has 0 aromatic heterocycles. The molecule has 0 radical (unpaired) electrons. The zero-order valence-electron chi connectivity index (χ0n) is 8.02. The minimum absolute atomic E-state index is 0.00338. The average molecular weight is 212 g/mol. The molecule has 0 spiro atoms. The molecule has 0 heterocycles. The largest absolute Gasteiger partial charge is 0.304 e. The maximum Gasteiger partial charge on any atom is 0.106 e. The lowest BCUT2D eigenvalue weighted by Crippen LogP contribution is -2.28. The van der Waals surface area contributed by atoms with Crippen molar-refractivity contribution in [1.29, 1.82) is 0 Å². The molecule has 0 saturated carbocycles. The van der Waals surface area contributed by atoms with Crippen molar-refractivity contribution in [2.24, 2.45) is 0 Å². The molecule has 0 amide bonds. The summed E-state index contributed by atoms with van der Waals surface area (Å²) in [5, 5.41) is 0. The van der Waals surface area contributed by atoms with Gasteiger partial charge in [-0.3, -0.25) is 0 Å². The quantitative estimate of drug-likeness (QED) is 0.698. The van der Waals surface area contributed by atoms with Crippen LogP contribution in [0.5, 0.6) is 0 Å². The van der Waals surface area contributed by atoms with Gasteiger partial charge in [-0.15, -0.1) is 5.92 Å². The lowest BCUT2D eigenvalue weighted by molar-refractivity contribution is 0.398. The molecule has 14 heavy (non-hydrogen) atoms. The standard InChI is InChI=1S/C10H12O3S/c1-3-4-9-5-7-10(8-6-9)14(2,11,12)13/h5-8H,1-2H3,(H2,11,12,13). The zero-order valence-corrected chi connectivity index (χ0v) is 8.84. The van der Waals surface area contributed by atoms with E-state index in [0.717, 1.165) is 11.8 Å². The van der Waals surface area contributed by atoms with Gasteiger partial charge in [0.2, 0.25) is 0 Å². The van der Waals surface area contributed by atoms with E-state index in [2.05, 4.69) is 11.8 Å². The minimum Gasteiger partial charge on any atom is -0.304 e. The van der Waals surface area contributed by atoms with E-state index in [4.69, 9.17) is 0 Å². The molecule has 0 unspecified atom stereocenters. The van der Waals surface area contributed by atoms with Crippen molar-refractivity contribution < 1.29 is 13.3 Å². The van der Waals surface area contributed by atoms with Gasteiger partial charge in [0.25, 0.3) is 0 Å². The topological polar surface area (TPSA) is 57.5 Å². The molecule has 76 valence electrons. The summed E-state index contributed by atoms with van der Waals surface area (Å²) in [6.45, 7) is 1.71. The van der Waals surface area contributed by atoms with Crippen LogP contribution in [-0.4, -0.2) is 19.6 Å². The van der Waals surface area contributed by atoms with Crippen molar-refractivity contribution >= 4 is 9.63 Å². The normalized spacial score (nSPS) is 13.6. The Kier molecular flexibility index (Phi) is 2.50. The first-order chi connectivity index (χ1) is 6.30. The first-order valence-corrected chi connectivity index (χ1v) is 6.25. The Morgan fingerprint density at radius 2 is 1.71 bits per heavy atom. The lowest BCUT2D eigenvalue weighted by atomic mass is 10.2. The van der Waals surface area contributed by atoms with E-state index in [1.54, 1.807) is 19.1 Å². The summed E-state index contributed by atoms with van der Waals surface area (Å²) in [4.78, 5) is 0.00338. The van der Waals surface area contributed by atoms with Crippen molar-refractivity contribution in [2.75, 3.05) is 6.26 Å². The van der Waals surface area contributed by atoms with E-state index in [-0.39, 0.29) is 4.90 Å². The zero-order chi connectivity index (χ0) is 10.8. The van der Waals surface area contributed by atoms with Gasteiger partial charge >= 0.3 is 0 Å². The van der Waals surface area contributed by atoms with Crippen molar-refractivity contribution in [3.8, 4) is 11.8 Å². The van der Waals surface area contributed by atoms with Gasteiger partial charge < -0.3 is 9.11 Å². The van der Waals surface area contributed by atoms with Crippen LogP contribution in [0.2, 0.25) is 0 Å². The van der Waals surface area contributed by atoms with Crippen LogP contribution in [0, 0.1) is 11.8 Å². The monoisotopic (exact) mass is 212 g/mol. The fourth-order valence-corrected chi connectivity index (χ4v) is 1.76. The smallest absolute Gasteiger partial charge is 0.106 e. The van der Waals surface area contributed by atoms with Crippen LogP contribution in [0.4, 0.5) is 0 Å². The number of hydrogen-bond donors (Lipinski definition) is 2. The molecular formula is C10H12O3S. The van der Waals surface area contributed by atoms with Crippen LogP contribution in [0.1, 0.15) is 12.5 Å². The van der Waals surface area contributed by atoms with Gasteiger partial charge in [0.15, 0.2) is 0 Å². The molecule has 2 N–H and O–H groups in total. The average Bonchev–Trinajstić information content (AvgIpc) is 2.03. The Labute approximate surface area is 83.2 Å². The summed E-state index contributed by atoms with van der Waals surface area (Å²) in [6.07, 6.45) is 0.901. The van der Waals surface area contributed by atoms with E-state index in [1.807, 2.05) is 0 Å². The molecule has 1 aromatic carbocycles. The molecule has 1 rings (SSSR count). The SMILES string of the molecule is CC#Cc1ccc(S(C)(=O)(O)O)cc1. The summed E-state index contributed by atoms with van der Waals surface area (Å²) >= 11 is 0. The Balaban J connectivity index is 3.18. The third-order valence-electron chi connectivity index (χ3n) is 1.67. The predicted octanol–water partition coefficient (Wildman–Crippen LogP) is 1.81. The molecule has 1 aromatic rings. The maximum atomic E-state index is 11.3. The van der Waals surface area contributed by atoms with Gasteiger partial charge in [0, 0.05) is 11.8 Å². The summed E-state index contributed by atoms with van der Waals surface area (Å²) in [5.74, 6) is 5.50. The van der Waals surface area contributed by atoms with Crippen LogP contribution in [0.3, 0.4) is 0 Å². The van der Waals surface area contributed by atoms with Crippen LogP contribution >= 0.6 is 0 Å². The van der Waals surface area contributed by atoms with Crippen molar-refractivity contribution in [3.05, 3.63) is 29.8 Å². The maximum absolute atomic E-state index is 11.3. The molecule has 0 saturated heterocycles. The van der Waals surface area contributed by atoms with Gasteiger partial charge in [0.1, 0.15) is 9.63 Å². The second-order valence-corrected chi connectivity index (χ2v) is 6.07. The fraction of sp³-hybridized carbons (Fsp3) is 0.200. The Morgan fingerprint density at radius 1 is 1.21 bits per heavy atom. The van der Waals surface area contributed by atoms with E-state index >= 15 is 0 Å². The second-order valence-electron chi connectivity index (χ2n) is 3.13. The summed E-state index contributed by atoms with van der Waals surface area (Å²) in [5.41, 5.74) is 0.743. The van der Waals surface area contributed by atoms with Crippen LogP contribution in [0.25, 0.3) is 0 Å². The van der Waals surface area contributed by atoms with Crippen molar-refractivity contribution in [2.45, 2.75) is 11.8 Å². The van der Waals surface area contributed by atoms with Gasteiger partial charge in [-0.25, -0.2) is 4.21 Å². The summed E-state index contributed by atoms with van der Waals surface area (Å²) in [6, 6.07) is 5.98. The molecule has 0 aliphatic carbocycles. The Hall–Kier alpha value is -1.15. The third-order valence-corrected chi connectivity index (χ3v) is 3.02. The van der Waals surface area contributed by atoms with E-state index in [9.17, 15) is 13.3 Å². The lowest BCUT2D eigenvalue weighted by Gasteiger charge is -2.25. The molecular weight excluding hydrogens is 200 g/mol. The molecule has 4 heteroatoms. The van der Waals surface area contributed by atoms with Crippen LogP contribution in [-0.2, 0) is 9.63 Å². The van der Waals surface area contributed by atoms with Gasteiger partial charge in [0.05, 0.1) is 4.90 Å². The highest BCUT2D eigenvalue weighted by Crippen LogP contribution is 2.24. The fourth-order valence-electron chi connectivity index (χ4n) is 0.996. The van der Waals surface area contributed by atoms with Gasteiger partial charge in [-0.2, -0.15) is 0 Å². The van der Waals surface area contributed by atoms with Gasteiger partial charge in [-0.05, 0) is 31.2 Å². The third kappa shape index (κ3) is 2.67. The first-order valence-electron chi connectivity index (χ1n) is 3.97. The Bertz CT molecular complexity index is 445. The molecule has 0 bridgehead atoms. The van der Waals surface area contributed by atoms with E-state index < -0.39 is 9.63 Å². The minimum atomic E-state index is -4.60. The van der Waals surface area contributed by atoms with Crippen molar-refractivity contribution in [3.63, 3.8) is 0 Å². The summed E-state index contributed by atoms with van der Waals surface area (Å²) < 4.78 is 29.8.